The molecule has 9 heteroatoms. The fraction of sp³-hybridized carbons (Fsp3) is 0.162. The number of amides is 1. The van der Waals surface area contributed by atoms with E-state index in [-0.39, 0.29) is 43.1 Å². The molecule has 7 nitrogen and oxygen atoms in total. The van der Waals surface area contributed by atoms with E-state index in [0.717, 1.165) is 68.4 Å². The number of fused-ring (bicyclic) bond motifs is 2. The molecule has 46 heavy (non-hydrogen) atoms. The number of nitrogens with two attached hydrogens (primary N) is 1. The van der Waals surface area contributed by atoms with Crippen LogP contribution in [0.15, 0.2) is 115 Å². The van der Waals surface area contributed by atoms with Crippen LogP contribution in [0.5, 0.6) is 0 Å². The number of benzene rings is 5. The van der Waals surface area contributed by atoms with Gasteiger partial charge in [0.2, 0.25) is 5.91 Å². The Morgan fingerprint density at radius 2 is 1.57 bits per heavy atom. The van der Waals surface area contributed by atoms with E-state index in [4.69, 9.17) is 16.1 Å². The maximum absolute atomic E-state index is 13.8. The van der Waals surface area contributed by atoms with Gasteiger partial charge in [-0.15, -0.1) is 24.8 Å². The highest BCUT2D eigenvalue weighted by atomic mass is 35.5. The van der Waals surface area contributed by atoms with E-state index in [1.54, 1.807) is 0 Å². The van der Waals surface area contributed by atoms with Gasteiger partial charge >= 0.3 is 0 Å². The van der Waals surface area contributed by atoms with E-state index in [2.05, 4.69) is 58.4 Å². The maximum atomic E-state index is 13.8. The van der Waals surface area contributed by atoms with Crippen molar-refractivity contribution in [2.45, 2.75) is 25.9 Å². The van der Waals surface area contributed by atoms with Crippen molar-refractivity contribution in [3.8, 4) is 0 Å². The number of anilines is 1. The number of carbonyl (C=O) groups is 1. The summed E-state index contributed by atoms with van der Waals surface area (Å²) in [7, 11) is 2.04. The average molecular weight is 654 g/mol. The number of rotatable bonds is 11. The Kier molecular flexibility index (Phi) is 11.6. The van der Waals surface area contributed by atoms with E-state index in [1.165, 1.54) is 0 Å². The second kappa shape index (κ2) is 15.5. The number of nitrogens with one attached hydrogen (secondary N) is 2. The molecule has 0 spiro atoms. The molecule has 0 aliphatic rings. The van der Waals surface area contributed by atoms with E-state index in [1.807, 2.05) is 78.7 Å². The summed E-state index contributed by atoms with van der Waals surface area (Å²) in [5, 5.41) is 13.2. The first-order chi connectivity index (χ1) is 21.5. The van der Waals surface area contributed by atoms with Crippen LogP contribution in [-0.4, -0.2) is 27.8 Å². The molecule has 1 aromatic heterocycles. The van der Waals surface area contributed by atoms with E-state index < -0.39 is 0 Å². The van der Waals surface area contributed by atoms with Crippen molar-refractivity contribution in [1.29, 1.82) is 5.41 Å². The third-order valence-electron chi connectivity index (χ3n) is 8.13. The fourth-order valence-corrected chi connectivity index (χ4v) is 5.67. The van der Waals surface area contributed by atoms with Crippen molar-refractivity contribution in [3.63, 3.8) is 0 Å². The molecule has 1 amide bonds. The zero-order chi connectivity index (χ0) is 30.5. The Bertz CT molecular complexity index is 1930. The molecule has 5 aromatic carbocycles. The van der Waals surface area contributed by atoms with Gasteiger partial charge in [-0.05, 0) is 52.1 Å². The van der Waals surface area contributed by atoms with E-state index in [9.17, 15) is 4.79 Å². The summed E-state index contributed by atoms with van der Waals surface area (Å²) in [4.78, 5) is 20.7. The predicted molar refractivity (Wildman–Crippen MR) is 193 cm³/mol. The zero-order valence-corrected chi connectivity index (χ0v) is 27.3. The van der Waals surface area contributed by atoms with Gasteiger partial charge in [-0.2, -0.15) is 0 Å². The quantitative estimate of drug-likeness (QED) is 0.104. The van der Waals surface area contributed by atoms with Gasteiger partial charge in [0, 0.05) is 31.3 Å². The number of amidine groups is 1. The molecule has 6 rings (SSSR count). The van der Waals surface area contributed by atoms with Crippen molar-refractivity contribution in [2.75, 3.05) is 11.4 Å². The zero-order valence-electron chi connectivity index (χ0n) is 25.6. The lowest BCUT2D eigenvalue weighted by atomic mass is 10.0. The van der Waals surface area contributed by atoms with Gasteiger partial charge in [0.05, 0.1) is 24.1 Å². The van der Waals surface area contributed by atoms with Crippen LogP contribution in [0.1, 0.15) is 28.1 Å². The molecule has 0 atom stereocenters. The molecular weight excluding hydrogens is 615 g/mol. The fourth-order valence-electron chi connectivity index (χ4n) is 5.67. The topological polar surface area (TPSA) is 100 Å². The molecule has 0 saturated heterocycles. The summed E-state index contributed by atoms with van der Waals surface area (Å²) < 4.78 is 2.13. The van der Waals surface area contributed by atoms with Crippen molar-refractivity contribution in [3.05, 3.63) is 143 Å². The number of aryl methyl sites for hydroxylation is 3. The number of halogens is 2. The normalized spacial score (nSPS) is 10.7. The molecule has 0 aliphatic heterocycles. The number of aromatic nitrogens is 2. The summed E-state index contributed by atoms with van der Waals surface area (Å²) in [5.74, 6) is 1.05. The van der Waals surface area contributed by atoms with Gasteiger partial charge in [0.15, 0.2) is 0 Å². The van der Waals surface area contributed by atoms with Crippen molar-refractivity contribution in [1.82, 2.24) is 14.9 Å². The first-order valence-electron chi connectivity index (χ1n) is 14.9. The van der Waals surface area contributed by atoms with Crippen molar-refractivity contribution in [2.24, 2.45) is 12.8 Å². The minimum absolute atomic E-state index is 0. The standard InChI is InChI=1S/C37H36N6O.2ClH/c1-42-34-20-19-31(22-33(34)41-35(42)21-16-26-14-17-29(18-15-26)37(38)39)43(36(44)24-40-23-27-8-3-2-4-9-27)25-30-12-7-11-28-10-5-6-13-32(28)30;;/h2-15,17-20,22,40H,16,21,23-25H2,1H3,(H3,38,39);2*1H. The largest absolute Gasteiger partial charge is 0.384 e. The molecule has 0 aliphatic carbocycles. The molecular formula is C37H38Cl2N6O. The molecule has 4 N–H and O–H groups in total. The number of nitrogens with zero attached hydrogens (tertiary/aromatic N) is 3. The maximum Gasteiger partial charge on any atom is 0.241 e. The van der Waals surface area contributed by atoms with E-state index in [0.29, 0.717) is 13.1 Å². The van der Waals surface area contributed by atoms with Crippen LogP contribution in [0.3, 0.4) is 0 Å². The molecule has 0 saturated carbocycles. The van der Waals surface area contributed by atoms with Crippen LogP contribution >= 0.6 is 24.8 Å². The summed E-state index contributed by atoms with van der Waals surface area (Å²) in [5.41, 5.74) is 12.4. The first-order valence-corrected chi connectivity index (χ1v) is 14.9. The lowest BCUT2D eigenvalue weighted by molar-refractivity contribution is -0.118. The molecule has 236 valence electrons. The lowest BCUT2D eigenvalue weighted by Crippen LogP contribution is -2.37. The Morgan fingerprint density at radius 1 is 0.848 bits per heavy atom. The molecule has 0 fully saturated rings. The van der Waals surface area contributed by atoms with Crippen molar-refractivity contribution >= 4 is 64.1 Å². The monoisotopic (exact) mass is 652 g/mol. The van der Waals surface area contributed by atoms with Gasteiger partial charge in [0.25, 0.3) is 0 Å². The molecule has 0 radical (unpaired) electrons. The van der Waals surface area contributed by atoms with Gasteiger partial charge in [0.1, 0.15) is 11.7 Å². The number of hydrogen-bond donors (Lipinski definition) is 3. The predicted octanol–water partition coefficient (Wildman–Crippen LogP) is 6.96. The molecule has 6 aromatic rings. The Morgan fingerprint density at radius 3 is 2.33 bits per heavy atom. The number of hydrogen-bond acceptors (Lipinski definition) is 4. The third kappa shape index (κ3) is 7.74. The van der Waals surface area contributed by atoms with Gasteiger partial charge in [-0.3, -0.25) is 10.2 Å². The SMILES string of the molecule is Cl.Cl.Cn1c(CCc2ccc(C(=N)N)cc2)nc2cc(N(Cc3cccc4ccccc34)C(=O)CNCc3ccccc3)ccc21. The van der Waals surface area contributed by atoms with Gasteiger partial charge < -0.3 is 20.5 Å². The smallest absolute Gasteiger partial charge is 0.241 e. The molecule has 0 bridgehead atoms. The Balaban J connectivity index is 0.00000240. The summed E-state index contributed by atoms with van der Waals surface area (Å²) >= 11 is 0. The minimum atomic E-state index is -0.00150. The van der Waals surface area contributed by atoms with Gasteiger partial charge in [-0.1, -0.05) is 97.1 Å². The van der Waals surface area contributed by atoms with Crippen LogP contribution < -0.4 is 16.0 Å². The summed E-state index contributed by atoms with van der Waals surface area (Å²) in [6.07, 6.45) is 1.59. The van der Waals surface area contributed by atoms with Gasteiger partial charge in [-0.25, -0.2) is 4.98 Å². The Hall–Kier alpha value is -4.69. The minimum Gasteiger partial charge on any atom is -0.384 e. The summed E-state index contributed by atoms with van der Waals surface area (Å²) in [6.45, 7) is 1.29. The highest BCUT2D eigenvalue weighted by Crippen LogP contribution is 2.27. The van der Waals surface area contributed by atoms with E-state index >= 15 is 0 Å². The van der Waals surface area contributed by atoms with Crippen LogP contribution in [0.25, 0.3) is 21.8 Å². The number of nitrogen functional groups attached to an aromatic ring is 1. The highest BCUT2D eigenvalue weighted by molar-refractivity contribution is 5.97. The summed E-state index contributed by atoms with van der Waals surface area (Å²) in [6, 6.07) is 38.6. The highest BCUT2D eigenvalue weighted by Gasteiger charge is 2.19. The number of carbonyl (C=O) groups excluding carboxylic acids is 1. The van der Waals surface area contributed by atoms with Crippen LogP contribution in [0, 0.1) is 5.41 Å². The molecule has 1 heterocycles. The third-order valence-corrected chi connectivity index (χ3v) is 8.13. The Labute approximate surface area is 281 Å². The number of imidazole rings is 1. The lowest BCUT2D eigenvalue weighted by Gasteiger charge is -2.24. The average Bonchev–Trinajstić information content (AvgIpc) is 3.37. The first kappa shape index (κ1) is 34.2. The second-order valence-corrected chi connectivity index (χ2v) is 11.1. The van der Waals surface area contributed by atoms with Crippen LogP contribution in [0.2, 0.25) is 0 Å². The van der Waals surface area contributed by atoms with Crippen LogP contribution in [0.4, 0.5) is 5.69 Å². The van der Waals surface area contributed by atoms with Crippen LogP contribution in [-0.2, 0) is 37.8 Å². The molecule has 0 unspecified atom stereocenters. The second-order valence-electron chi connectivity index (χ2n) is 11.1. The van der Waals surface area contributed by atoms with Crippen molar-refractivity contribution < 1.29 is 4.79 Å².